The molecule has 3 amide bonds. The molecule has 2 aromatic rings. The molecule has 0 aromatic heterocycles. The summed E-state index contributed by atoms with van der Waals surface area (Å²) in [6.07, 6.45) is 0. The van der Waals surface area contributed by atoms with E-state index in [1.807, 2.05) is 37.3 Å². The van der Waals surface area contributed by atoms with E-state index in [-0.39, 0.29) is 17.9 Å². The number of fused-ring (bicyclic) bond motifs is 1. The van der Waals surface area contributed by atoms with Crippen LogP contribution in [0.4, 0.5) is 4.79 Å². The van der Waals surface area contributed by atoms with Gasteiger partial charge in [0.1, 0.15) is 18.8 Å². The lowest BCUT2D eigenvalue weighted by Gasteiger charge is -2.25. The van der Waals surface area contributed by atoms with Crippen molar-refractivity contribution in [2.24, 2.45) is 0 Å². The van der Waals surface area contributed by atoms with E-state index in [9.17, 15) is 9.59 Å². The van der Waals surface area contributed by atoms with Crippen molar-refractivity contribution in [1.29, 1.82) is 0 Å². The van der Waals surface area contributed by atoms with Crippen LogP contribution in [0.1, 0.15) is 30.9 Å². The molecular weight excluding hydrogens is 344 g/mol. The molecule has 2 heterocycles. The summed E-state index contributed by atoms with van der Waals surface area (Å²) >= 11 is 0. The van der Waals surface area contributed by atoms with Gasteiger partial charge in [-0.1, -0.05) is 43.3 Å². The Labute approximate surface area is 158 Å². The minimum atomic E-state index is -1.12. The number of nitrogens with zero attached hydrogens (tertiary/aromatic N) is 1. The van der Waals surface area contributed by atoms with Crippen molar-refractivity contribution < 1.29 is 19.1 Å². The van der Waals surface area contributed by atoms with E-state index in [4.69, 9.17) is 9.47 Å². The number of benzene rings is 2. The summed E-state index contributed by atoms with van der Waals surface area (Å²) < 4.78 is 11.2. The predicted molar refractivity (Wildman–Crippen MR) is 99.9 cm³/mol. The molecule has 140 valence electrons. The first-order valence-electron chi connectivity index (χ1n) is 9.08. The molecule has 1 N–H and O–H groups in total. The highest BCUT2D eigenvalue weighted by molar-refractivity contribution is 6.07. The van der Waals surface area contributed by atoms with E-state index >= 15 is 0 Å². The van der Waals surface area contributed by atoms with Crippen LogP contribution < -0.4 is 14.8 Å². The van der Waals surface area contributed by atoms with Gasteiger partial charge in [-0.3, -0.25) is 9.69 Å². The number of ether oxygens (including phenoxy) is 2. The number of amides is 3. The molecule has 1 saturated heterocycles. The van der Waals surface area contributed by atoms with Crippen molar-refractivity contribution in [1.82, 2.24) is 10.2 Å². The topological polar surface area (TPSA) is 67.9 Å². The van der Waals surface area contributed by atoms with Crippen LogP contribution in [-0.2, 0) is 10.3 Å². The third kappa shape index (κ3) is 3.01. The number of imide groups is 1. The van der Waals surface area contributed by atoms with E-state index in [0.29, 0.717) is 36.8 Å². The third-order valence-corrected chi connectivity index (χ3v) is 5.22. The van der Waals surface area contributed by atoms with Gasteiger partial charge >= 0.3 is 6.03 Å². The van der Waals surface area contributed by atoms with Crippen LogP contribution in [0, 0.1) is 0 Å². The van der Waals surface area contributed by atoms with Gasteiger partial charge in [-0.15, -0.1) is 0 Å². The number of rotatable bonds is 4. The monoisotopic (exact) mass is 366 g/mol. The van der Waals surface area contributed by atoms with Crippen molar-refractivity contribution in [3.8, 4) is 11.5 Å². The van der Waals surface area contributed by atoms with Gasteiger partial charge in [0.2, 0.25) is 0 Å². The third-order valence-electron chi connectivity index (χ3n) is 5.22. The van der Waals surface area contributed by atoms with Gasteiger partial charge in [0.05, 0.1) is 0 Å². The SMILES string of the molecule is CC(CN1C(=O)NC(C)(c2ccc3c(c2)OCCO3)C1=O)c1ccccc1. The van der Waals surface area contributed by atoms with Gasteiger partial charge in [0.25, 0.3) is 5.91 Å². The fourth-order valence-electron chi connectivity index (χ4n) is 3.57. The molecular formula is C21H22N2O4. The van der Waals surface area contributed by atoms with Crippen LogP contribution in [0.2, 0.25) is 0 Å². The van der Waals surface area contributed by atoms with Crippen LogP contribution in [0.3, 0.4) is 0 Å². The predicted octanol–water partition coefficient (Wildman–Crippen LogP) is 3.03. The lowest BCUT2D eigenvalue weighted by molar-refractivity contribution is -0.131. The maximum absolute atomic E-state index is 13.1. The van der Waals surface area contributed by atoms with Gasteiger partial charge in [0, 0.05) is 6.54 Å². The van der Waals surface area contributed by atoms with Crippen LogP contribution in [0.5, 0.6) is 11.5 Å². The molecule has 2 aliphatic heterocycles. The highest BCUT2D eigenvalue weighted by Crippen LogP contribution is 2.37. The first kappa shape index (κ1) is 17.4. The molecule has 0 bridgehead atoms. The Balaban J connectivity index is 1.58. The second-order valence-corrected chi connectivity index (χ2v) is 7.14. The quantitative estimate of drug-likeness (QED) is 0.845. The Bertz CT molecular complexity index is 883. The van der Waals surface area contributed by atoms with Gasteiger partial charge in [-0.2, -0.15) is 0 Å². The highest BCUT2D eigenvalue weighted by Gasteiger charge is 2.49. The van der Waals surface area contributed by atoms with Crippen molar-refractivity contribution in [3.63, 3.8) is 0 Å². The Morgan fingerprint density at radius 1 is 1.07 bits per heavy atom. The van der Waals surface area contributed by atoms with Crippen LogP contribution in [0.15, 0.2) is 48.5 Å². The number of carbonyl (C=O) groups excluding carboxylic acids is 2. The lowest BCUT2D eigenvalue weighted by Crippen LogP contribution is -2.41. The molecule has 0 saturated carbocycles. The van der Waals surface area contributed by atoms with Gasteiger partial charge in [-0.05, 0) is 36.1 Å². The van der Waals surface area contributed by atoms with Gasteiger partial charge in [-0.25, -0.2) is 4.79 Å². The molecule has 0 spiro atoms. The maximum Gasteiger partial charge on any atom is 0.325 e. The summed E-state index contributed by atoms with van der Waals surface area (Å²) in [5.74, 6) is 1.04. The molecule has 6 nitrogen and oxygen atoms in total. The molecule has 1 fully saturated rings. The summed E-state index contributed by atoms with van der Waals surface area (Å²) in [5.41, 5.74) is 0.648. The minimum Gasteiger partial charge on any atom is -0.486 e. The molecule has 6 heteroatoms. The van der Waals surface area contributed by atoms with Crippen molar-refractivity contribution in [3.05, 3.63) is 59.7 Å². The van der Waals surface area contributed by atoms with Crippen LogP contribution in [-0.4, -0.2) is 36.6 Å². The second kappa shape index (κ2) is 6.61. The Morgan fingerprint density at radius 2 is 1.78 bits per heavy atom. The fourth-order valence-corrected chi connectivity index (χ4v) is 3.57. The number of carbonyl (C=O) groups is 2. The number of nitrogens with one attached hydrogen (secondary N) is 1. The highest BCUT2D eigenvalue weighted by atomic mass is 16.6. The van der Waals surface area contributed by atoms with Crippen LogP contribution in [0.25, 0.3) is 0 Å². The van der Waals surface area contributed by atoms with Crippen molar-refractivity contribution in [2.75, 3.05) is 19.8 Å². The number of hydrogen-bond acceptors (Lipinski definition) is 4. The zero-order chi connectivity index (χ0) is 19.0. The average molecular weight is 366 g/mol. The van der Waals surface area contributed by atoms with Crippen molar-refractivity contribution in [2.45, 2.75) is 25.3 Å². The molecule has 0 aliphatic carbocycles. The summed E-state index contributed by atoms with van der Waals surface area (Å²) in [7, 11) is 0. The number of urea groups is 1. The van der Waals surface area contributed by atoms with E-state index in [2.05, 4.69) is 5.32 Å². The standard InChI is InChI=1S/C21H22N2O4/c1-14(15-6-4-3-5-7-15)13-23-19(24)21(2,22-20(23)25)16-8-9-17-18(12-16)27-11-10-26-17/h3-9,12,14H,10-11,13H2,1-2H3,(H,22,25). The van der Waals surface area contributed by atoms with Gasteiger partial charge < -0.3 is 14.8 Å². The molecule has 2 atom stereocenters. The molecule has 2 unspecified atom stereocenters. The Kier molecular flexibility index (Phi) is 4.26. The van der Waals surface area contributed by atoms with E-state index in [1.54, 1.807) is 25.1 Å². The largest absolute Gasteiger partial charge is 0.486 e. The van der Waals surface area contributed by atoms with E-state index in [1.165, 1.54) is 4.90 Å². The Morgan fingerprint density at radius 3 is 2.52 bits per heavy atom. The van der Waals surface area contributed by atoms with Gasteiger partial charge in [0.15, 0.2) is 11.5 Å². The average Bonchev–Trinajstić information content (AvgIpc) is 2.92. The Hall–Kier alpha value is -3.02. The zero-order valence-corrected chi connectivity index (χ0v) is 15.4. The maximum atomic E-state index is 13.1. The first-order chi connectivity index (χ1) is 13.0. The first-order valence-corrected chi connectivity index (χ1v) is 9.08. The minimum absolute atomic E-state index is 0.0449. The summed E-state index contributed by atoms with van der Waals surface area (Å²) in [6.45, 7) is 5.04. The van der Waals surface area contributed by atoms with Crippen molar-refractivity contribution >= 4 is 11.9 Å². The molecule has 2 aromatic carbocycles. The smallest absolute Gasteiger partial charge is 0.325 e. The van der Waals surface area contributed by atoms with Crippen LogP contribution >= 0.6 is 0 Å². The molecule has 0 radical (unpaired) electrons. The normalized spacial score (nSPS) is 22.5. The zero-order valence-electron chi connectivity index (χ0n) is 15.4. The molecule has 27 heavy (non-hydrogen) atoms. The summed E-state index contributed by atoms with van der Waals surface area (Å²) in [4.78, 5) is 27.0. The molecule has 4 rings (SSSR count). The second-order valence-electron chi connectivity index (χ2n) is 7.14. The summed E-state index contributed by atoms with van der Waals surface area (Å²) in [5, 5.41) is 2.85. The number of hydrogen-bond donors (Lipinski definition) is 1. The summed E-state index contributed by atoms with van der Waals surface area (Å²) in [6, 6.07) is 14.8. The fraction of sp³-hybridized carbons (Fsp3) is 0.333. The lowest BCUT2D eigenvalue weighted by atomic mass is 9.91. The van der Waals surface area contributed by atoms with E-state index < -0.39 is 5.54 Å². The van der Waals surface area contributed by atoms with E-state index in [0.717, 1.165) is 5.56 Å². The molecule has 2 aliphatic rings.